The molecule has 0 radical (unpaired) electrons. The van der Waals surface area contributed by atoms with Crippen molar-refractivity contribution in [2.24, 2.45) is 0 Å². The van der Waals surface area contributed by atoms with Crippen LogP contribution < -0.4 is 24.8 Å². The molecule has 0 fully saturated rings. The van der Waals surface area contributed by atoms with Gasteiger partial charge in [-0.25, -0.2) is 8.83 Å². The second-order valence-electron chi connectivity index (χ2n) is 9.39. The van der Waals surface area contributed by atoms with Gasteiger partial charge in [0.25, 0.3) is 0 Å². The van der Waals surface area contributed by atoms with Gasteiger partial charge in [0.1, 0.15) is 33.8 Å². The molecule has 6 rings (SSSR count). The van der Waals surface area contributed by atoms with Crippen LogP contribution in [-0.2, 0) is 0 Å². The van der Waals surface area contributed by atoms with Crippen LogP contribution in [0.3, 0.4) is 0 Å². The van der Waals surface area contributed by atoms with E-state index in [0.717, 1.165) is 48.5 Å². The first kappa shape index (κ1) is 31.2. The van der Waals surface area contributed by atoms with Gasteiger partial charge in [-0.05, 0) is 24.3 Å². The topological polar surface area (TPSA) is 225 Å². The maximum Gasteiger partial charge on any atom is 0.402 e. The van der Waals surface area contributed by atoms with Crippen LogP contribution in [0.5, 0.6) is 57.5 Å². The predicted molar refractivity (Wildman–Crippen MR) is 148 cm³/mol. The lowest BCUT2D eigenvalue weighted by Gasteiger charge is -2.12. The summed E-state index contributed by atoms with van der Waals surface area (Å²) in [5.41, 5.74) is -1.02. The van der Waals surface area contributed by atoms with Crippen molar-refractivity contribution in [1.82, 2.24) is 0 Å². The van der Waals surface area contributed by atoms with Gasteiger partial charge < -0.3 is 75.9 Å². The monoisotopic (exact) mass is 642 g/mol. The number of phenolic OH excluding ortho intramolecular Hbond substituents is 8. The molecule has 10 N–H and O–H groups in total. The quantitative estimate of drug-likeness (QED) is 0.0895. The highest BCUT2D eigenvalue weighted by Gasteiger charge is 2.38. The molecule has 2 heterocycles. The van der Waals surface area contributed by atoms with Crippen molar-refractivity contribution < 1.29 is 84.7 Å². The Kier molecular flexibility index (Phi) is 7.93. The molecule has 0 atom stereocenters. The van der Waals surface area contributed by atoms with E-state index in [-0.39, 0.29) is 80.5 Å². The molecule has 14 heteroatoms. The molecule has 0 saturated heterocycles. The number of fused-ring (bicyclic) bond motifs is 2. The molecule has 0 saturated carbocycles. The Balaban J connectivity index is 0.00000221. The van der Waals surface area contributed by atoms with E-state index in [1.54, 1.807) is 0 Å². The largest absolute Gasteiger partial charge is 1.00 e. The van der Waals surface area contributed by atoms with Crippen LogP contribution in [-0.4, -0.2) is 51.1 Å². The second kappa shape index (κ2) is 11.2. The van der Waals surface area contributed by atoms with Gasteiger partial charge in [-0.2, -0.15) is 0 Å². The third-order valence-electron chi connectivity index (χ3n) is 6.69. The highest BCUT2D eigenvalue weighted by atomic mass is 35.5. The van der Waals surface area contributed by atoms with Gasteiger partial charge in [0.15, 0.2) is 23.0 Å². The summed E-state index contributed by atoms with van der Waals surface area (Å²) >= 11 is 0. The predicted octanol–water partition coefficient (Wildman–Crippen LogP) is -0.194. The zero-order chi connectivity index (χ0) is 30.0. The number of hydrogen-bond acceptors (Lipinski definition) is 10. The van der Waals surface area contributed by atoms with Crippen LogP contribution in [0.15, 0.2) is 69.5 Å². The summed E-state index contributed by atoms with van der Waals surface area (Å²) in [6.45, 7) is 0. The Morgan fingerprint density at radius 1 is 0.386 bits per heavy atom. The Morgan fingerprint density at radius 3 is 1.09 bits per heavy atom. The van der Waals surface area contributed by atoms with E-state index in [9.17, 15) is 51.1 Å². The molecule has 12 nitrogen and oxygen atoms in total. The first-order chi connectivity index (χ1) is 19.9. The summed E-state index contributed by atoms with van der Waals surface area (Å²) in [7, 11) is 0. The molecule has 0 amide bonds. The van der Waals surface area contributed by atoms with Gasteiger partial charge in [0.2, 0.25) is 11.5 Å². The van der Waals surface area contributed by atoms with E-state index in [0.29, 0.717) is 0 Å². The number of aromatic hydroxyl groups is 10. The van der Waals surface area contributed by atoms with Crippen molar-refractivity contribution in [2.45, 2.75) is 0 Å². The summed E-state index contributed by atoms with van der Waals surface area (Å²) in [6, 6.07) is 11.1. The summed E-state index contributed by atoms with van der Waals surface area (Å²) in [5.74, 6) is -6.22. The molecule has 6 aromatic rings. The van der Waals surface area contributed by atoms with Gasteiger partial charge in [-0.1, -0.05) is 0 Å². The normalized spacial score (nSPS) is 10.8. The SMILES string of the molecule is Oc1cc(O)c2c(-c3c(O)c(-c4ccc(O)c(O)c4)[o+]c4cc(O)cc(O)c34)c(O)c(-c3ccc(O)c(O)c3)[o+]c2c1.[Cl-].[Cl-]. The molecule has 44 heavy (non-hydrogen) atoms. The molecular weight excluding hydrogens is 623 g/mol. The molecule has 0 aliphatic heterocycles. The third kappa shape index (κ3) is 4.87. The average molecular weight is 643 g/mol. The lowest BCUT2D eigenvalue weighted by Crippen LogP contribution is -3.00. The summed E-state index contributed by atoms with van der Waals surface area (Å²) in [6.07, 6.45) is 0. The Bertz CT molecular complexity index is 1960. The molecule has 0 bridgehead atoms. The summed E-state index contributed by atoms with van der Waals surface area (Å²) < 4.78 is 11.6. The fraction of sp³-hybridized carbons (Fsp3) is 0. The minimum absolute atomic E-state index is 0. The maximum atomic E-state index is 11.7. The molecule has 0 aliphatic carbocycles. The zero-order valence-electron chi connectivity index (χ0n) is 21.8. The summed E-state index contributed by atoms with van der Waals surface area (Å²) in [5, 5.41) is 105. The van der Waals surface area contributed by atoms with Crippen molar-refractivity contribution in [3.63, 3.8) is 0 Å². The van der Waals surface area contributed by atoms with Crippen molar-refractivity contribution in [2.75, 3.05) is 0 Å². The Hall–Kier alpha value is -5.72. The molecular formula is C30H20Cl2O12. The van der Waals surface area contributed by atoms with Gasteiger partial charge >= 0.3 is 22.7 Å². The number of halogens is 2. The molecule has 2 aromatic heterocycles. The average Bonchev–Trinajstić information content (AvgIpc) is 2.92. The van der Waals surface area contributed by atoms with Crippen LogP contribution in [0.2, 0.25) is 0 Å². The van der Waals surface area contributed by atoms with Crippen LogP contribution in [0.4, 0.5) is 0 Å². The number of phenols is 8. The van der Waals surface area contributed by atoms with E-state index < -0.39 is 57.5 Å². The number of benzene rings is 4. The van der Waals surface area contributed by atoms with E-state index in [1.807, 2.05) is 0 Å². The highest BCUT2D eigenvalue weighted by molar-refractivity contribution is 6.13. The van der Waals surface area contributed by atoms with Gasteiger partial charge in [-0.3, -0.25) is 0 Å². The molecule has 0 spiro atoms. The first-order valence-electron chi connectivity index (χ1n) is 12.1. The smallest absolute Gasteiger partial charge is 0.402 e. The number of hydrogen-bond donors (Lipinski definition) is 10. The lowest BCUT2D eigenvalue weighted by molar-refractivity contribution is -0.001000. The van der Waals surface area contributed by atoms with Gasteiger partial charge in [-0.15, -0.1) is 0 Å². The highest BCUT2D eigenvalue weighted by Crippen LogP contribution is 2.55. The van der Waals surface area contributed by atoms with Crippen molar-refractivity contribution in [1.29, 1.82) is 0 Å². The van der Waals surface area contributed by atoms with Crippen LogP contribution >= 0.6 is 0 Å². The van der Waals surface area contributed by atoms with E-state index in [2.05, 4.69) is 0 Å². The fourth-order valence-corrected chi connectivity index (χ4v) is 4.82. The standard InChI is InChI=1S/C30H18O12.2ClH/c31-13-7-19(37)23-21(9-13)41-29(11-1-3-15(33)17(35)5-11)27(39)25(23)26-24-20(38)8-14(32)10-22(24)42-30(28(26)40)12-2-4-16(34)18(36)6-12;;/h1-10H,(H8-2,31,32,33,34,35,36,37,38,39,40);2*1H. The number of rotatable bonds is 3. The van der Waals surface area contributed by atoms with E-state index in [1.165, 1.54) is 12.1 Å². The van der Waals surface area contributed by atoms with Crippen molar-refractivity contribution in [3.8, 4) is 91.3 Å². The van der Waals surface area contributed by atoms with Crippen LogP contribution in [0.25, 0.3) is 55.7 Å². The van der Waals surface area contributed by atoms with Crippen molar-refractivity contribution >= 4 is 21.9 Å². The molecule has 4 aromatic carbocycles. The van der Waals surface area contributed by atoms with Crippen LogP contribution in [0, 0.1) is 0 Å². The minimum Gasteiger partial charge on any atom is -1.00 e. The fourth-order valence-electron chi connectivity index (χ4n) is 4.82. The van der Waals surface area contributed by atoms with E-state index in [4.69, 9.17) is 8.83 Å². The first-order valence-corrected chi connectivity index (χ1v) is 12.1. The Labute approximate surface area is 258 Å². The van der Waals surface area contributed by atoms with Gasteiger partial charge in [0, 0.05) is 24.3 Å². The zero-order valence-corrected chi connectivity index (χ0v) is 23.3. The Morgan fingerprint density at radius 2 is 0.750 bits per heavy atom. The van der Waals surface area contributed by atoms with Crippen LogP contribution in [0.1, 0.15) is 0 Å². The summed E-state index contributed by atoms with van der Waals surface area (Å²) in [4.78, 5) is 0. The molecule has 0 unspecified atom stereocenters. The van der Waals surface area contributed by atoms with Gasteiger partial charge in [0.05, 0.1) is 34.4 Å². The molecule has 226 valence electrons. The maximum absolute atomic E-state index is 11.7. The lowest BCUT2D eigenvalue weighted by atomic mass is 9.92. The van der Waals surface area contributed by atoms with E-state index >= 15 is 0 Å². The second-order valence-corrected chi connectivity index (χ2v) is 9.39. The minimum atomic E-state index is -0.719. The molecule has 0 aliphatic rings. The third-order valence-corrected chi connectivity index (χ3v) is 6.69. The van der Waals surface area contributed by atoms with Crippen molar-refractivity contribution in [3.05, 3.63) is 60.7 Å².